The Balaban J connectivity index is 2.21. The van der Waals surface area contributed by atoms with E-state index in [2.05, 4.69) is 4.98 Å². The molecule has 0 aliphatic heterocycles. The Kier molecular flexibility index (Phi) is 6.09. The van der Waals surface area contributed by atoms with Crippen LogP contribution in [0.4, 0.5) is 8.78 Å². The Hall–Kier alpha value is -3.03. The summed E-state index contributed by atoms with van der Waals surface area (Å²) in [6, 6.07) is 2.24. The number of hydrogen-bond acceptors (Lipinski definition) is 5. The topological polar surface area (TPSA) is 85.5 Å². The minimum absolute atomic E-state index is 0.0984. The van der Waals surface area contributed by atoms with E-state index in [1.165, 1.54) is 6.92 Å². The van der Waals surface area contributed by atoms with Crippen LogP contribution in [0.1, 0.15) is 56.3 Å². The van der Waals surface area contributed by atoms with Crippen LogP contribution in [-0.2, 0) is 9.47 Å². The number of carbonyl (C=O) groups is 3. The van der Waals surface area contributed by atoms with Crippen LogP contribution in [-0.4, -0.2) is 35.4 Å². The molecular formula is C19H19F2NO5. The fourth-order valence-electron chi connectivity index (χ4n) is 2.66. The van der Waals surface area contributed by atoms with Crippen molar-refractivity contribution in [3.63, 3.8) is 0 Å². The van der Waals surface area contributed by atoms with Gasteiger partial charge in [-0.2, -0.15) is 0 Å². The number of benzene rings is 1. The summed E-state index contributed by atoms with van der Waals surface area (Å²) in [5, 5.41) is 0. The summed E-state index contributed by atoms with van der Waals surface area (Å²) in [5.74, 6) is -4.06. The number of hydrogen-bond donors (Lipinski definition) is 1. The smallest absolute Gasteiger partial charge is 0.340 e. The summed E-state index contributed by atoms with van der Waals surface area (Å²) in [4.78, 5) is 39.5. The van der Waals surface area contributed by atoms with Crippen molar-refractivity contribution < 1.29 is 32.6 Å². The van der Waals surface area contributed by atoms with Crippen molar-refractivity contribution in [1.29, 1.82) is 0 Å². The monoisotopic (exact) mass is 379 g/mol. The third kappa shape index (κ3) is 4.39. The molecule has 6 nitrogen and oxygen atoms in total. The molecule has 1 atom stereocenters. The fourth-order valence-corrected chi connectivity index (χ4v) is 2.66. The van der Waals surface area contributed by atoms with Gasteiger partial charge in [0.15, 0.2) is 6.10 Å². The quantitative estimate of drug-likeness (QED) is 0.613. The summed E-state index contributed by atoms with van der Waals surface area (Å²) in [6.07, 6.45) is -1.24. The molecule has 0 amide bonds. The molecule has 1 N–H and O–H groups in total. The van der Waals surface area contributed by atoms with Gasteiger partial charge in [0.2, 0.25) is 5.78 Å². The maximum Gasteiger partial charge on any atom is 0.340 e. The van der Waals surface area contributed by atoms with Crippen LogP contribution in [0.5, 0.6) is 0 Å². The first-order chi connectivity index (χ1) is 12.6. The van der Waals surface area contributed by atoms with Crippen molar-refractivity contribution in [1.82, 2.24) is 4.98 Å². The van der Waals surface area contributed by atoms with E-state index in [-0.39, 0.29) is 23.4 Å². The third-order valence-corrected chi connectivity index (χ3v) is 3.91. The lowest BCUT2D eigenvalue weighted by atomic mass is 10.1. The van der Waals surface area contributed by atoms with Gasteiger partial charge in [0.25, 0.3) is 0 Å². The van der Waals surface area contributed by atoms with Crippen molar-refractivity contribution in [2.45, 2.75) is 33.8 Å². The van der Waals surface area contributed by atoms with E-state index in [9.17, 15) is 23.2 Å². The highest BCUT2D eigenvalue weighted by Gasteiger charge is 2.28. The predicted octanol–water partition coefficient (Wildman–Crippen LogP) is 3.51. The highest BCUT2D eigenvalue weighted by molar-refractivity contribution is 6.04. The van der Waals surface area contributed by atoms with Crippen LogP contribution in [0, 0.1) is 25.5 Å². The molecule has 2 aromatic rings. The number of H-pyrrole nitrogens is 1. The number of aryl methyl sites for hydroxylation is 1. The van der Waals surface area contributed by atoms with Gasteiger partial charge in [0, 0.05) is 11.8 Å². The first-order valence-electron chi connectivity index (χ1n) is 8.23. The van der Waals surface area contributed by atoms with Crippen LogP contribution in [0.15, 0.2) is 18.2 Å². The molecule has 8 heteroatoms. The Bertz CT molecular complexity index is 883. The molecule has 1 aromatic carbocycles. The molecule has 1 heterocycles. The summed E-state index contributed by atoms with van der Waals surface area (Å²) in [6.45, 7) is 6.36. The number of esters is 2. The largest absolute Gasteiger partial charge is 0.462 e. The molecule has 27 heavy (non-hydrogen) atoms. The van der Waals surface area contributed by atoms with Gasteiger partial charge in [0.05, 0.1) is 23.4 Å². The molecule has 0 bridgehead atoms. The van der Waals surface area contributed by atoms with Gasteiger partial charge in [-0.1, -0.05) is 0 Å². The zero-order valence-corrected chi connectivity index (χ0v) is 15.3. The van der Waals surface area contributed by atoms with Crippen molar-refractivity contribution in [3.8, 4) is 0 Å². The summed E-state index contributed by atoms with van der Waals surface area (Å²) in [5.41, 5.74) is 0.807. The zero-order valence-electron chi connectivity index (χ0n) is 15.3. The highest BCUT2D eigenvalue weighted by atomic mass is 19.1. The number of carbonyl (C=O) groups excluding carboxylic acids is 3. The minimum atomic E-state index is -1.24. The maximum absolute atomic E-state index is 13.2. The second-order valence-corrected chi connectivity index (χ2v) is 5.92. The molecule has 0 radical (unpaired) electrons. The second kappa shape index (κ2) is 8.11. The van der Waals surface area contributed by atoms with E-state index in [0.717, 1.165) is 12.1 Å². The summed E-state index contributed by atoms with van der Waals surface area (Å²) in [7, 11) is 0. The van der Waals surface area contributed by atoms with E-state index in [0.29, 0.717) is 17.3 Å². The standard InChI is InChI=1S/C19H19F2NO5/c1-5-26-19(25)15-9(2)16(22-10(15)3)17(23)11(4)27-18(24)12-6-13(20)8-14(21)7-12/h6-8,11,22H,5H2,1-4H3/t11-/m0/s1. The van der Waals surface area contributed by atoms with Crippen molar-refractivity contribution in [2.75, 3.05) is 6.61 Å². The number of Topliss-reactive ketones (excluding diaryl/α,β-unsaturated/α-hetero) is 1. The number of nitrogens with one attached hydrogen (secondary N) is 1. The van der Waals surface area contributed by atoms with Crippen LogP contribution >= 0.6 is 0 Å². The molecule has 0 fully saturated rings. The molecule has 0 aliphatic carbocycles. The number of ether oxygens (including phenoxy) is 2. The average Bonchev–Trinajstić information content (AvgIpc) is 2.87. The molecule has 0 saturated heterocycles. The number of aromatic amines is 1. The fraction of sp³-hybridized carbons (Fsp3) is 0.316. The number of ketones is 1. The van der Waals surface area contributed by atoms with Gasteiger partial charge >= 0.3 is 11.9 Å². The maximum atomic E-state index is 13.2. The lowest BCUT2D eigenvalue weighted by Crippen LogP contribution is -2.25. The van der Waals surface area contributed by atoms with Gasteiger partial charge in [-0.15, -0.1) is 0 Å². The molecule has 0 aliphatic rings. The average molecular weight is 379 g/mol. The molecule has 0 unspecified atom stereocenters. The van der Waals surface area contributed by atoms with Crippen LogP contribution in [0.25, 0.3) is 0 Å². The first-order valence-corrected chi connectivity index (χ1v) is 8.23. The van der Waals surface area contributed by atoms with Crippen molar-refractivity contribution in [3.05, 3.63) is 57.9 Å². The van der Waals surface area contributed by atoms with E-state index >= 15 is 0 Å². The highest BCUT2D eigenvalue weighted by Crippen LogP contribution is 2.21. The predicted molar refractivity (Wildman–Crippen MR) is 91.8 cm³/mol. The number of aromatic nitrogens is 1. The normalized spacial score (nSPS) is 11.8. The van der Waals surface area contributed by atoms with Gasteiger partial charge in [-0.25, -0.2) is 18.4 Å². The molecule has 1 aromatic heterocycles. The summed E-state index contributed by atoms with van der Waals surface area (Å²) >= 11 is 0. The summed E-state index contributed by atoms with van der Waals surface area (Å²) < 4.78 is 36.4. The molecule has 0 spiro atoms. The van der Waals surface area contributed by atoms with Crippen molar-refractivity contribution >= 4 is 17.7 Å². The van der Waals surface area contributed by atoms with E-state index in [1.807, 2.05) is 0 Å². The second-order valence-electron chi connectivity index (χ2n) is 5.92. The van der Waals surface area contributed by atoms with E-state index in [1.54, 1.807) is 20.8 Å². The lowest BCUT2D eigenvalue weighted by molar-refractivity contribution is 0.0315. The Labute approximate surface area is 154 Å². The Morgan fingerprint density at radius 1 is 1.07 bits per heavy atom. The Morgan fingerprint density at radius 2 is 1.67 bits per heavy atom. The van der Waals surface area contributed by atoms with Crippen molar-refractivity contribution in [2.24, 2.45) is 0 Å². The number of halogens is 2. The van der Waals surface area contributed by atoms with Gasteiger partial charge in [0.1, 0.15) is 11.6 Å². The van der Waals surface area contributed by atoms with Gasteiger partial charge in [-0.3, -0.25) is 4.79 Å². The lowest BCUT2D eigenvalue weighted by Gasteiger charge is -2.12. The molecule has 0 saturated carbocycles. The van der Waals surface area contributed by atoms with Crippen LogP contribution in [0.2, 0.25) is 0 Å². The van der Waals surface area contributed by atoms with E-state index < -0.39 is 35.5 Å². The Morgan fingerprint density at radius 3 is 2.22 bits per heavy atom. The zero-order chi connectivity index (χ0) is 20.3. The third-order valence-electron chi connectivity index (χ3n) is 3.91. The van der Waals surface area contributed by atoms with E-state index in [4.69, 9.17) is 9.47 Å². The van der Waals surface area contributed by atoms with Gasteiger partial charge in [-0.05, 0) is 45.4 Å². The van der Waals surface area contributed by atoms with Gasteiger partial charge < -0.3 is 14.5 Å². The first kappa shape index (κ1) is 20.3. The van der Waals surface area contributed by atoms with Crippen LogP contribution in [0.3, 0.4) is 0 Å². The molecular weight excluding hydrogens is 360 g/mol. The SMILES string of the molecule is CCOC(=O)c1c(C)[nH]c(C(=O)[C@H](C)OC(=O)c2cc(F)cc(F)c2)c1C. The molecule has 2 rings (SSSR count). The number of rotatable bonds is 6. The van der Waals surface area contributed by atoms with Crippen LogP contribution < -0.4 is 0 Å². The minimum Gasteiger partial charge on any atom is -0.462 e. The molecule has 144 valence electrons.